The van der Waals surface area contributed by atoms with Crippen molar-refractivity contribution in [2.24, 2.45) is 0 Å². The summed E-state index contributed by atoms with van der Waals surface area (Å²) < 4.78 is 59.6. The normalized spacial score (nSPS) is 12.1. The molecule has 0 amide bonds. The molecule has 0 bridgehead atoms. The van der Waals surface area contributed by atoms with Gasteiger partial charge in [-0.2, -0.15) is 8.42 Å². The Balaban J connectivity index is 2.05. The fourth-order valence-corrected chi connectivity index (χ4v) is 5.52. The maximum absolute atomic E-state index is 12.9. The molecule has 33 heavy (non-hydrogen) atoms. The van der Waals surface area contributed by atoms with E-state index in [4.69, 9.17) is 15.8 Å². The second-order valence-corrected chi connectivity index (χ2v) is 11.8. The molecule has 6 nitrogen and oxygen atoms in total. The van der Waals surface area contributed by atoms with E-state index in [1.54, 1.807) is 37.3 Å². The van der Waals surface area contributed by atoms with E-state index in [1.807, 2.05) is 27.7 Å². The van der Waals surface area contributed by atoms with Crippen LogP contribution in [0.2, 0.25) is 5.02 Å². The van der Waals surface area contributed by atoms with E-state index in [-0.39, 0.29) is 32.2 Å². The van der Waals surface area contributed by atoms with Crippen LogP contribution in [-0.2, 0) is 20.1 Å². The first-order chi connectivity index (χ1) is 15.3. The van der Waals surface area contributed by atoms with Gasteiger partial charge in [0.15, 0.2) is 5.75 Å². The van der Waals surface area contributed by atoms with Crippen LogP contribution in [0.4, 0.5) is 5.69 Å². The predicted octanol–water partition coefficient (Wildman–Crippen LogP) is 5.96. The maximum Gasteiger partial charge on any atom is 0.339 e. The summed E-state index contributed by atoms with van der Waals surface area (Å²) in [7, 11) is -8.02. The van der Waals surface area contributed by atoms with Crippen molar-refractivity contribution in [1.29, 1.82) is 0 Å². The highest BCUT2D eigenvalue weighted by Gasteiger charge is 2.26. The smallest absolute Gasteiger partial charge is 0.339 e. The van der Waals surface area contributed by atoms with Gasteiger partial charge in [-0.1, -0.05) is 60.8 Å². The van der Waals surface area contributed by atoms with Crippen LogP contribution >= 0.6 is 11.6 Å². The van der Waals surface area contributed by atoms with Crippen molar-refractivity contribution in [2.75, 3.05) is 4.72 Å². The number of nitrogens with one attached hydrogen (secondary N) is 1. The standard InChI is InChI=1S/C24H26ClNO5S2/c1-15(2)21-14-22(26-32(27,28)19-10-6-16(3)7-11-19)18(5)23(25)24(21)31-33(29,30)20-12-8-17(4)9-13-20/h6-15,26H,1-5H3. The van der Waals surface area contributed by atoms with Crippen LogP contribution in [-0.4, -0.2) is 16.8 Å². The Morgan fingerprint density at radius 3 is 1.79 bits per heavy atom. The quantitative estimate of drug-likeness (QED) is 0.399. The molecule has 0 aliphatic rings. The van der Waals surface area contributed by atoms with Gasteiger partial charge >= 0.3 is 10.1 Å². The summed E-state index contributed by atoms with van der Waals surface area (Å²) in [4.78, 5) is 0.109. The van der Waals surface area contributed by atoms with Gasteiger partial charge in [0.05, 0.1) is 15.6 Å². The van der Waals surface area contributed by atoms with Gasteiger partial charge in [-0.25, -0.2) is 8.42 Å². The molecule has 1 N–H and O–H groups in total. The zero-order chi connectivity index (χ0) is 24.6. The number of rotatable bonds is 7. The minimum Gasteiger partial charge on any atom is -0.377 e. The largest absolute Gasteiger partial charge is 0.377 e. The van der Waals surface area contributed by atoms with E-state index in [0.29, 0.717) is 11.1 Å². The molecule has 0 radical (unpaired) electrons. The molecule has 0 unspecified atom stereocenters. The first-order valence-electron chi connectivity index (χ1n) is 10.3. The highest BCUT2D eigenvalue weighted by atomic mass is 35.5. The molecule has 9 heteroatoms. The van der Waals surface area contributed by atoms with Crippen LogP contribution in [0.5, 0.6) is 5.75 Å². The number of hydrogen-bond acceptors (Lipinski definition) is 5. The summed E-state index contributed by atoms with van der Waals surface area (Å²) >= 11 is 6.54. The molecule has 0 saturated heterocycles. The first kappa shape index (κ1) is 25.1. The zero-order valence-electron chi connectivity index (χ0n) is 19.0. The van der Waals surface area contributed by atoms with Crippen molar-refractivity contribution in [3.63, 3.8) is 0 Å². The van der Waals surface area contributed by atoms with Crippen LogP contribution in [0.25, 0.3) is 0 Å². The third-order valence-corrected chi connectivity index (χ3v) is 8.27. The molecule has 0 saturated carbocycles. The lowest BCUT2D eigenvalue weighted by molar-refractivity contribution is 0.481. The highest BCUT2D eigenvalue weighted by molar-refractivity contribution is 7.92. The van der Waals surface area contributed by atoms with Gasteiger partial charge in [0.2, 0.25) is 0 Å². The van der Waals surface area contributed by atoms with Gasteiger partial charge in [-0.15, -0.1) is 0 Å². The molecule has 0 aliphatic carbocycles. The SMILES string of the molecule is Cc1ccc(S(=O)(=O)Nc2cc(C(C)C)c(OS(=O)(=O)c3ccc(C)cc3)c(Cl)c2C)cc1. The van der Waals surface area contributed by atoms with E-state index < -0.39 is 20.1 Å². The van der Waals surface area contributed by atoms with E-state index >= 15 is 0 Å². The van der Waals surface area contributed by atoms with Crippen molar-refractivity contribution in [2.45, 2.75) is 50.3 Å². The van der Waals surface area contributed by atoms with Gasteiger partial charge in [0, 0.05) is 5.56 Å². The van der Waals surface area contributed by atoms with Gasteiger partial charge in [-0.3, -0.25) is 4.72 Å². The monoisotopic (exact) mass is 507 g/mol. The van der Waals surface area contributed by atoms with E-state index in [1.165, 1.54) is 24.3 Å². The minimum atomic E-state index is -4.14. The third-order valence-electron chi connectivity index (χ3n) is 5.19. The lowest BCUT2D eigenvalue weighted by atomic mass is 9.99. The fourth-order valence-electron chi connectivity index (χ4n) is 3.15. The lowest BCUT2D eigenvalue weighted by Gasteiger charge is -2.20. The van der Waals surface area contributed by atoms with Gasteiger partial charge in [0.25, 0.3) is 10.0 Å². The fraction of sp³-hybridized carbons (Fsp3) is 0.250. The molecule has 0 fully saturated rings. The van der Waals surface area contributed by atoms with Crippen molar-refractivity contribution in [3.05, 3.63) is 81.9 Å². The maximum atomic E-state index is 12.9. The average molecular weight is 508 g/mol. The Hall–Kier alpha value is -2.55. The summed E-state index contributed by atoms with van der Waals surface area (Å²) in [6.45, 7) is 9.00. The Bertz CT molecular complexity index is 1380. The lowest BCUT2D eigenvalue weighted by Crippen LogP contribution is -2.16. The van der Waals surface area contributed by atoms with Gasteiger partial charge in [0.1, 0.15) is 4.90 Å². The Kier molecular flexibility index (Phi) is 7.12. The Morgan fingerprint density at radius 1 is 0.818 bits per heavy atom. The Labute approximate surface area is 200 Å². The average Bonchev–Trinajstić information content (AvgIpc) is 2.73. The molecule has 0 atom stereocenters. The van der Waals surface area contributed by atoms with Crippen molar-refractivity contribution in [3.8, 4) is 5.75 Å². The molecule has 3 aromatic rings. The molecule has 0 aliphatic heterocycles. The number of hydrogen-bond donors (Lipinski definition) is 1. The molecular formula is C24H26ClNO5S2. The topological polar surface area (TPSA) is 89.5 Å². The Morgan fingerprint density at radius 2 is 1.30 bits per heavy atom. The van der Waals surface area contributed by atoms with Crippen LogP contribution < -0.4 is 8.91 Å². The van der Waals surface area contributed by atoms with Crippen LogP contribution in [0, 0.1) is 20.8 Å². The number of benzene rings is 3. The van der Waals surface area contributed by atoms with Crippen molar-refractivity contribution in [1.82, 2.24) is 0 Å². The van der Waals surface area contributed by atoms with Crippen LogP contribution in [0.1, 0.15) is 42.0 Å². The molecule has 0 aromatic heterocycles. The summed E-state index contributed by atoms with van der Waals surface area (Å²) in [6, 6.07) is 14.3. The second-order valence-electron chi connectivity index (χ2n) is 8.21. The first-order valence-corrected chi connectivity index (χ1v) is 13.5. The third kappa shape index (κ3) is 5.51. The van der Waals surface area contributed by atoms with Crippen LogP contribution in [0.15, 0.2) is 64.4 Å². The predicted molar refractivity (Wildman–Crippen MR) is 131 cm³/mol. The van der Waals surface area contributed by atoms with E-state index in [0.717, 1.165) is 11.1 Å². The molecule has 3 rings (SSSR count). The molecule has 0 heterocycles. The van der Waals surface area contributed by atoms with Crippen molar-refractivity contribution < 1.29 is 21.0 Å². The van der Waals surface area contributed by atoms with Crippen molar-refractivity contribution >= 4 is 37.4 Å². The minimum absolute atomic E-state index is 0.000626. The zero-order valence-corrected chi connectivity index (χ0v) is 21.4. The molecular weight excluding hydrogens is 482 g/mol. The molecule has 0 spiro atoms. The summed E-state index contributed by atoms with van der Waals surface area (Å²) in [5.41, 5.74) is 2.92. The van der Waals surface area contributed by atoms with E-state index in [2.05, 4.69) is 4.72 Å². The molecule has 3 aromatic carbocycles. The number of aryl methyl sites for hydroxylation is 2. The second kappa shape index (κ2) is 9.37. The van der Waals surface area contributed by atoms with Gasteiger partial charge in [-0.05, 0) is 62.6 Å². The number of sulfonamides is 1. The highest BCUT2D eigenvalue weighted by Crippen LogP contribution is 2.42. The summed E-state index contributed by atoms with van der Waals surface area (Å²) in [6.07, 6.45) is 0. The number of halogens is 1. The summed E-state index contributed by atoms with van der Waals surface area (Å²) in [5.74, 6) is -0.211. The van der Waals surface area contributed by atoms with Crippen LogP contribution in [0.3, 0.4) is 0 Å². The number of anilines is 1. The van der Waals surface area contributed by atoms with E-state index in [9.17, 15) is 16.8 Å². The molecule has 176 valence electrons. The van der Waals surface area contributed by atoms with Gasteiger partial charge < -0.3 is 4.18 Å². The summed E-state index contributed by atoms with van der Waals surface area (Å²) in [5, 5.41) is 0.0264.